The van der Waals surface area contributed by atoms with Gasteiger partial charge in [-0.3, -0.25) is 0 Å². The molecule has 0 unspecified atom stereocenters. The maximum absolute atomic E-state index is 4.60. The topological polar surface area (TPSA) is 110 Å². The smallest absolute Gasteiger partial charge is 0.212 e. The van der Waals surface area contributed by atoms with Gasteiger partial charge in [-0.15, -0.1) is 0 Å². The first-order chi connectivity index (χ1) is 11.7. The second kappa shape index (κ2) is 7.53. The van der Waals surface area contributed by atoms with Gasteiger partial charge in [0, 0.05) is 13.1 Å². The predicted octanol–water partition coefficient (Wildman–Crippen LogP) is -0.373. The SMILES string of the molecule is CC(=NNC1=NCCN1)c1cccc(C(C)=NNC2=NCCN2)n1. The molecule has 0 spiro atoms. The van der Waals surface area contributed by atoms with E-state index in [-0.39, 0.29) is 0 Å². The van der Waals surface area contributed by atoms with Crippen LogP contribution in [-0.2, 0) is 0 Å². The number of hydrogen-bond donors (Lipinski definition) is 4. The van der Waals surface area contributed by atoms with Crippen molar-refractivity contribution in [2.24, 2.45) is 20.2 Å². The fourth-order valence-electron chi connectivity index (χ4n) is 2.17. The molecule has 0 aliphatic carbocycles. The summed E-state index contributed by atoms with van der Waals surface area (Å²) in [6.07, 6.45) is 0. The standard InChI is InChI=1S/C15H21N9/c1-10(21-23-14-16-6-7-17-14)12-4-3-5-13(20-12)11(2)22-24-15-18-8-9-19-15/h3-5H,6-9H2,1-2H3,(H2,16,17,23)(H2,18,19,24). The Kier molecular flexibility index (Phi) is 4.99. The van der Waals surface area contributed by atoms with Crippen LogP contribution in [0.2, 0.25) is 0 Å². The van der Waals surface area contributed by atoms with E-state index in [1.165, 1.54) is 0 Å². The van der Waals surface area contributed by atoms with E-state index in [0.29, 0.717) is 11.9 Å². The Morgan fingerprint density at radius 2 is 1.42 bits per heavy atom. The van der Waals surface area contributed by atoms with E-state index >= 15 is 0 Å². The monoisotopic (exact) mass is 327 g/mol. The van der Waals surface area contributed by atoms with E-state index in [0.717, 1.165) is 49.0 Å². The number of hydrogen-bond acceptors (Lipinski definition) is 9. The van der Waals surface area contributed by atoms with Gasteiger partial charge in [-0.1, -0.05) is 6.07 Å². The average molecular weight is 327 g/mol. The van der Waals surface area contributed by atoms with Crippen LogP contribution in [0.1, 0.15) is 25.2 Å². The molecule has 0 saturated heterocycles. The molecule has 0 radical (unpaired) electrons. The molecule has 24 heavy (non-hydrogen) atoms. The Labute approximate surface area is 140 Å². The molecule has 3 rings (SSSR count). The number of pyridine rings is 1. The van der Waals surface area contributed by atoms with Crippen LogP contribution in [0.5, 0.6) is 0 Å². The lowest BCUT2D eigenvalue weighted by Gasteiger charge is -2.06. The second-order valence-electron chi connectivity index (χ2n) is 5.34. The van der Waals surface area contributed by atoms with Crippen LogP contribution in [0.4, 0.5) is 0 Å². The van der Waals surface area contributed by atoms with Gasteiger partial charge in [0.25, 0.3) is 0 Å². The van der Waals surface area contributed by atoms with Crippen LogP contribution in [0.3, 0.4) is 0 Å². The van der Waals surface area contributed by atoms with Gasteiger partial charge < -0.3 is 10.6 Å². The maximum atomic E-state index is 4.60. The highest BCUT2D eigenvalue weighted by molar-refractivity contribution is 6.01. The van der Waals surface area contributed by atoms with Gasteiger partial charge in [0.15, 0.2) is 0 Å². The number of nitrogens with zero attached hydrogens (tertiary/aromatic N) is 5. The molecule has 0 aromatic carbocycles. The Hall–Kier alpha value is -2.97. The first kappa shape index (κ1) is 15.9. The number of aromatic nitrogens is 1. The molecular formula is C15H21N9. The first-order valence-electron chi connectivity index (χ1n) is 7.87. The molecule has 0 amide bonds. The van der Waals surface area contributed by atoms with Gasteiger partial charge in [-0.25, -0.2) is 25.8 Å². The molecule has 3 heterocycles. The third-order valence-corrected chi connectivity index (χ3v) is 3.50. The minimum atomic E-state index is 0.692. The summed E-state index contributed by atoms with van der Waals surface area (Å²) in [5.74, 6) is 1.38. The molecule has 0 atom stereocenters. The van der Waals surface area contributed by atoms with Crippen molar-refractivity contribution < 1.29 is 0 Å². The summed E-state index contributed by atoms with van der Waals surface area (Å²) in [5.41, 5.74) is 8.93. The number of nitrogens with one attached hydrogen (secondary N) is 4. The van der Waals surface area contributed by atoms with Gasteiger partial charge in [-0.2, -0.15) is 10.2 Å². The average Bonchev–Trinajstić information content (AvgIpc) is 3.31. The Bertz CT molecular complexity index is 660. The van der Waals surface area contributed by atoms with Crippen LogP contribution in [-0.4, -0.2) is 54.5 Å². The fraction of sp³-hybridized carbons (Fsp3) is 0.400. The molecule has 0 fully saturated rings. The van der Waals surface area contributed by atoms with Crippen molar-refractivity contribution in [2.75, 3.05) is 26.2 Å². The van der Waals surface area contributed by atoms with E-state index in [4.69, 9.17) is 0 Å². The summed E-state index contributed by atoms with van der Waals surface area (Å²) in [6, 6.07) is 5.76. The van der Waals surface area contributed by atoms with Crippen molar-refractivity contribution in [3.05, 3.63) is 29.6 Å². The van der Waals surface area contributed by atoms with Gasteiger partial charge in [0.2, 0.25) is 11.9 Å². The highest BCUT2D eigenvalue weighted by Gasteiger charge is 2.07. The Balaban J connectivity index is 1.68. The second-order valence-corrected chi connectivity index (χ2v) is 5.34. The highest BCUT2D eigenvalue weighted by Crippen LogP contribution is 2.03. The molecule has 2 aliphatic heterocycles. The van der Waals surface area contributed by atoms with Crippen molar-refractivity contribution in [1.29, 1.82) is 0 Å². The third kappa shape index (κ3) is 4.06. The van der Waals surface area contributed by atoms with Crippen molar-refractivity contribution >= 4 is 23.3 Å². The summed E-state index contributed by atoms with van der Waals surface area (Å²) in [7, 11) is 0. The Morgan fingerprint density at radius 1 is 0.917 bits per heavy atom. The summed E-state index contributed by atoms with van der Waals surface area (Å²) in [4.78, 5) is 13.1. The number of hydrazone groups is 2. The zero-order chi connectivity index (χ0) is 16.8. The molecular weight excluding hydrogens is 306 g/mol. The number of guanidine groups is 2. The van der Waals surface area contributed by atoms with Gasteiger partial charge in [0.1, 0.15) is 0 Å². The van der Waals surface area contributed by atoms with Crippen LogP contribution in [0.15, 0.2) is 38.4 Å². The fourth-order valence-corrected chi connectivity index (χ4v) is 2.17. The molecule has 0 saturated carbocycles. The van der Waals surface area contributed by atoms with Crippen LogP contribution in [0, 0.1) is 0 Å². The number of aliphatic imine (C=N–C) groups is 2. The molecule has 0 bridgehead atoms. The molecule has 1 aromatic rings. The lowest BCUT2D eigenvalue weighted by molar-refractivity contribution is 0.914. The van der Waals surface area contributed by atoms with E-state index < -0.39 is 0 Å². The van der Waals surface area contributed by atoms with E-state index in [9.17, 15) is 0 Å². The van der Waals surface area contributed by atoms with Crippen LogP contribution >= 0.6 is 0 Å². The molecule has 126 valence electrons. The lowest BCUT2D eigenvalue weighted by Crippen LogP contribution is -2.31. The van der Waals surface area contributed by atoms with Crippen molar-refractivity contribution in [1.82, 2.24) is 26.5 Å². The molecule has 2 aliphatic rings. The zero-order valence-corrected chi connectivity index (χ0v) is 13.8. The Morgan fingerprint density at radius 3 is 1.83 bits per heavy atom. The summed E-state index contributed by atoms with van der Waals surface area (Å²) < 4.78 is 0. The molecule has 9 nitrogen and oxygen atoms in total. The van der Waals surface area contributed by atoms with Crippen LogP contribution < -0.4 is 21.5 Å². The maximum Gasteiger partial charge on any atom is 0.212 e. The lowest BCUT2D eigenvalue weighted by atomic mass is 10.2. The van der Waals surface area contributed by atoms with Gasteiger partial charge in [-0.05, 0) is 26.0 Å². The normalized spacial score (nSPS) is 17.8. The van der Waals surface area contributed by atoms with Gasteiger partial charge in [0.05, 0.1) is 35.9 Å². The van der Waals surface area contributed by atoms with E-state index in [1.54, 1.807) is 0 Å². The zero-order valence-electron chi connectivity index (χ0n) is 13.8. The molecule has 4 N–H and O–H groups in total. The number of rotatable bonds is 4. The van der Waals surface area contributed by atoms with E-state index in [1.807, 2.05) is 32.0 Å². The quantitative estimate of drug-likeness (QED) is 0.445. The molecule has 1 aromatic heterocycles. The largest absolute Gasteiger partial charge is 0.353 e. The van der Waals surface area contributed by atoms with Crippen molar-refractivity contribution in [2.45, 2.75) is 13.8 Å². The summed E-state index contributed by atoms with van der Waals surface area (Å²) in [6.45, 7) is 7.02. The highest BCUT2D eigenvalue weighted by atomic mass is 15.4. The third-order valence-electron chi connectivity index (χ3n) is 3.50. The van der Waals surface area contributed by atoms with Crippen molar-refractivity contribution in [3.63, 3.8) is 0 Å². The van der Waals surface area contributed by atoms with Crippen LogP contribution in [0.25, 0.3) is 0 Å². The summed E-state index contributed by atoms with van der Waals surface area (Å²) in [5, 5.41) is 14.8. The summed E-state index contributed by atoms with van der Waals surface area (Å²) >= 11 is 0. The molecule has 9 heteroatoms. The van der Waals surface area contributed by atoms with Gasteiger partial charge >= 0.3 is 0 Å². The van der Waals surface area contributed by atoms with Crippen molar-refractivity contribution in [3.8, 4) is 0 Å². The minimum Gasteiger partial charge on any atom is -0.353 e. The van der Waals surface area contributed by atoms with E-state index in [2.05, 4.69) is 46.7 Å². The first-order valence-corrected chi connectivity index (χ1v) is 7.87. The predicted molar refractivity (Wildman–Crippen MR) is 95.5 cm³/mol. The minimum absolute atomic E-state index is 0.692.